The predicted octanol–water partition coefficient (Wildman–Crippen LogP) is 3.23. The number of nitrogens with zero attached hydrogens (tertiary/aromatic N) is 2. The largest absolute Gasteiger partial charge is 0.326 e. The van der Waals surface area contributed by atoms with Gasteiger partial charge in [0.05, 0.1) is 5.71 Å². The molecule has 0 fully saturated rings. The van der Waals surface area contributed by atoms with Crippen LogP contribution in [-0.4, -0.2) is 29.1 Å². The third-order valence-electron chi connectivity index (χ3n) is 3.22. The Balaban J connectivity index is 1.95. The first-order chi connectivity index (χ1) is 10.7. The Hall–Kier alpha value is -1.82. The minimum atomic E-state index is 0.0212. The Kier molecular flexibility index (Phi) is 6.45. The van der Waals surface area contributed by atoms with E-state index in [0.717, 1.165) is 47.3 Å². The van der Waals surface area contributed by atoms with Gasteiger partial charge in [-0.25, -0.2) is 0 Å². The Morgan fingerprint density at radius 2 is 2.14 bits per heavy atom. The maximum Gasteiger partial charge on any atom is 0.224 e. The number of carbonyl (C=O) groups is 1. The van der Waals surface area contributed by atoms with Crippen LogP contribution in [0.5, 0.6) is 0 Å². The SMILES string of the molecule is CCCCN=C1NN=C(c2ccc(NC(=O)CC)cc2)CS1. The summed E-state index contributed by atoms with van der Waals surface area (Å²) >= 11 is 1.67. The van der Waals surface area contributed by atoms with Crippen molar-refractivity contribution in [2.24, 2.45) is 10.1 Å². The van der Waals surface area contributed by atoms with Gasteiger partial charge in [0.25, 0.3) is 0 Å². The highest BCUT2D eigenvalue weighted by molar-refractivity contribution is 8.14. The van der Waals surface area contributed by atoms with Crippen molar-refractivity contribution in [2.45, 2.75) is 33.1 Å². The maximum absolute atomic E-state index is 11.4. The summed E-state index contributed by atoms with van der Waals surface area (Å²) in [4.78, 5) is 15.8. The van der Waals surface area contributed by atoms with E-state index >= 15 is 0 Å². The third kappa shape index (κ3) is 4.87. The van der Waals surface area contributed by atoms with E-state index in [2.05, 4.69) is 27.8 Å². The van der Waals surface area contributed by atoms with Crippen LogP contribution in [0.1, 0.15) is 38.7 Å². The second-order valence-corrected chi connectivity index (χ2v) is 5.94. The van der Waals surface area contributed by atoms with Gasteiger partial charge < -0.3 is 5.32 Å². The van der Waals surface area contributed by atoms with E-state index in [1.165, 1.54) is 0 Å². The van der Waals surface area contributed by atoms with E-state index in [1.54, 1.807) is 11.8 Å². The molecular formula is C16H22N4OS. The molecule has 1 aromatic carbocycles. The highest BCUT2D eigenvalue weighted by Gasteiger charge is 2.12. The third-order valence-corrected chi connectivity index (χ3v) is 4.13. The summed E-state index contributed by atoms with van der Waals surface area (Å²) in [6, 6.07) is 7.76. The van der Waals surface area contributed by atoms with Crippen LogP contribution in [0, 0.1) is 0 Å². The van der Waals surface area contributed by atoms with E-state index < -0.39 is 0 Å². The molecule has 0 aromatic heterocycles. The lowest BCUT2D eigenvalue weighted by molar-refractivity contribution is -0.115. The Labute approximate surface area is 135 Å². The van der Waals surface area contributed by atoms with Gasteiger partial charge in [0.15, 0.2) is 5.17 Å². The number of unbranched alkanes of at least 4 members (excludes halogenated alkanes) is 1. The van der Waals surface area contributed by atoms with Gasteiger partial charge in [-0.15, -0.1) is 0 Å². The molecule has 22 heavy (non-hydrogen) atoms. The zero-order chi connectivity index (χ0) is 15.8. The molecule has 0 saturated heterocycles. The maximum atomic E-state index is 11.4. The number of thioether (sulfide) groups is 1. The molecule has 1 aliphatic rings. The molecule has 0 aliphatic carbocycles. The topological polar surface area (TPSA) is 65.8 Å². The fourth-order valence-electron chi connectivity index (χ4n) is 1.88. The number of amidine groups is 1. The molecule has 0 atom stereocenters. The number of hydrazone groups is 1. The number of amides is 1. The number of nitrogens with one attached hydrogen (secondary N) is 2. The average Bonchev–Trinajstić information content (AvgIpc) is 2.56. The van der Waals surface area contributed by atoms with E-state index in [-0.39, 0.29) is 5.91 Å². The van der Waals surface area contributed by atoms with Gasteiger partial charge in [0.1, 0.15) is 0 Å². The second-order valence-electron chi connectivity index (χ2n) is 4.98. The summed E-state index contributed by atoms with van der Waals surface area (Å²) in [5.74, 6) is 0.825. The van der Waals surface area contributed by atoms with Crippen molar-refractivity contribution in [3.8, 4) is 0 Å². The summed E-state index contributed by atoms with van der Waals surface area (Å²) in [5.41, 5.74) is 5.88. The molecule has 5 nitrogen and oxygen atoms in total. The van der Waals surface area contributed by atoms with Gasteiger partial charge in [-0.1, -0.05) is 44.2 Å². The van der Waals surface area contributed by atoms with Gasteiger partial charge in [0, 0.05) is 24.4 Å². The zero-order valence-electron chi connectivity index (χ0n) is 13.1. The van der Waals surface area contributed by atoms with Crippen molar-refractivity contribution in [2.75, 3.05) is 17.6 Å². The van der Waals surface area contributed by atoms with E-state index in [4.69, 9.17) is 0 Å². The molecule has 0 radical (unpaired) electrons. The molecule has 1 aliphatic heterocycles. The summed E-state index contributed by atoms with van der Waals surface area (Å²) in [6.07, 6.45) is 2.74. The Morgan fingerprint density at radius 3 is 2.73 bits per heavy atom. The van der Waals surface area contributed by atoms with E-state index in [9.17, 15) is 4.79 Å². The summed E-state index contributed by atoms with van der Waals surface area (Å²) in [5, 5.41) is 8.13. The number of benzene rings is 1. The lowest BCUT2D eigenvalue weighted by atomic mass is 10.1. The second kappa shape index (κ2) is 8.58. The summed E-state index contributed by atoms with van der Waals surface area (Å²) in [6.45, 7) is 4.84. The average molecular weight is 318 g/mol. The van der Waals surface area contributed by atoms with Gasteiger partial charge in [0.2, 0.25) is 5.91 Å². The Bertz CT molecular complexity index is 566. The number of anilines is 1. The van der Waals surface area contributed by atoms with Crippen LogP contribution in [0.2, 0.25) is 0 Å². The molecule has 0 spiro atoms. The summed E-state index contributed by atoms with van der Waals surface area (Å²) in [7, 11) is 0. The van der Waals surface area contributed by atoms with Crippen molar-refractivity contribution in [1.82, 2.24) is 5.43 Å². The lowest BCUT2D eigenvalue weighted by Gasteiger charge is -2.15. The van der Waals surface area contributed by atoms with E-state index in [0.29, 0.717) is 6.42 Å². The monoisotopic (exact) mass is 318 g/mol. The molecule has 1 amide bonds. The van der Waals surface area contributed by atoms with Gasteiger partial charge in [-0.3, -0.25) is 15.2 Å². The van der Waals surface area contributed by atoms with Crippen molar-refractivity contribution in [1.29, 1.82) is 0 Å². The molecule has 0 unspecified atom stereocenters. The van der Waals surface area contributed by atoms with Gasteiger partial charge in [-0.2, -0.15) is 5.10 Å². The lowest BCUT2D eigenvalue weighted by Crippen LogP contribution is -2.25. The molecule has 0 saturated carbocycles. The van der Waals surface area contributed by atoms with Crippen molar-refractivity contribution >= 4 is 34.2 Å². The molecule has 118 valence electrons. The van der Waals surface area contributed by atoms with E-state index in [1.807, 2.05) is 31.2 Å². The van der Waals surface area contributed by atoms with Crippen LogP contribution in [0.15, 0.2) is 34.4 Å². The van der Waals surface area contributed by atoms with Crippen LogP contribution in [-0.2, 0) is 4.79 Å². The van der Waals surface area contributed by atoms with Crippen LogP contribution in [0.4, 0.5) is 5.69 Å². The number of aliphatic imine (C=N–C) groups is 1. The van der Waals surface area contributed by atoms with Crippen LogP contribution < -0.4 is 10.7 Å². The molecule has 6 heteroatoms. The van der Waals surface area contributed by atoms with Crippen LogP contribution in [0.3, 0.4) is 0 Å². The highest BCUT2D eigenvalue weighted by atomic mass is 32.2. The Morgan fingerprint density at radius 1 is 1.36 bits per heavy atom. The number of carbonyl (C=O) groups excluding carboxylic acids is 1. The standard InChI is InChI=1S/C16H22N4OS/c1-3-5-10-17-16-20-19-14(11-22-16)12-6-8-13(9-7-12)18-15(21)4-2/h6-9H,3-5,10-11H2,1-2H3,(H,17,20)(H,18,21). The predicted molar refractivity (Wildman–Crippen MR) is 94.7 cm³/mol. The number of hydrogen-bond donors (Lipinski definition) is 2. The summed E-state index contributed by atoms with van der Waals surface area (Å²) < 4.78 is 0. The normalized spacial score (nSPS) is 16.1. The molecule has 0 bridgehead atoms. The minimum Gasteiger partial charge on any atom is -0.326 e. The van der Waals surface area contributed by atoms with Crippen molar-refractivity contribution in [3.63, 3.8) is 0 Å². The van der Waals surface area contributed by atoms with Crippen LogP contribution >= 0.6 is 11.8 Å². The smallest absolute Gasteiger partial charge is 0.224 e. The first kappa shape index (κ1) is 16.5. The minimum absolute atomic E-state index is 0.0212. The fourth-order valence-corrected chi connectivity index (χ4v) is 2.68. The molecule has 2 rings (SSSR count). The quantitative estimate of drug-likeness (QED) is 0.791. The number of hydrogen-bond acceptors (Lipinski definition) is 4. The molecule has 1 aromatic rings. The van der Waals surface area contributed by atoms with Gasteiger partial charge in [-0.05, 0) is 24.1 Å². The molecule has 1 heterocycles. The first-order valence-corrected chi connectivity index (χ1v) is 8.61. The van der Waals surface area contributed by atoms with Crippen molar-refractivity contribution in [3.05, 3.63) is 29.8 Å². The van der Waals surface area contributed by atoms with Crippen molar-refractivity contribution < 1.29 is 4.79 Å². The van der Waals surface area contributed by atoms with Crippen LogP contribution in [0.25, 0.3) is 0 Å². The number of rotatable bonds is 6. The van der Waals surface area contributed by atoms with Gasteiger partial charge >= 0.3 is 0 Å². The molecular weight excluding hydrogens is 296 g/mol. The zero-order valence-corrected chi connectivity index (χ0v) is 13.9. The fraction of sp³-hybridized carbons (Fsp3) is 0.438. The first-order valence-electron chi connectivity index (χ1n) is 7.63. The molecule has 2 N–H and O–H groups in total. The highest BCUT2D eigenvalue weighted by Crippen LogP contribution is 2.16.